The number of nitrogens with two attached hydrogens (primary N) is 1. The largest absolute Gasteiger partial charge is 0.366 e. The van der Waals surface area contributed by atoms with E-state index in [1.54, 1.807) is 23.0 Å². The first kappa shape index (κ1) is 19.7. The van der Waals surface area contributed by atoms with Crippen LogP contribution in [0.5, 0.6) is 0 Å². The van der Waals surface area contributed by atoms with Crippen LogP contribution in [0.1, 0.15) is 31.0 Å². The molecule has 3 aromatic rings. The average Bonchev–Trinajstić information content (AvgIpc) is 3.46. The van der Waals surface area contributed by atoms with Gasteiger partial charge in [-0.2, -0.15) is 5.10 Å². The number of hydrogen-bond donors (Lipinski definition) is 1. The van der Waals surface area contributed by atoms with Gasteiger partial charge < -0.3 is 10.6 Å². The second kappa shape index (κ2) is 7.68. The quantitative estimate of drug-likeness (QED) is 0.644. The Morgan fingerprint density at radius 2 is 2.10 bits per heavy atom. The Kier molecular flexibility index (Phi) is 5.23. The van der Waals surface area contributed by atoms with Crippen LogP contribution in [0, 0.1) is 0 Å². The van der Waals surface area contributed by atoms with Crippen molar-refractivity contribution >= 4 is 17.0 Å². The van der Waals surface area contributed by atoms with Crippen LogP contribution in [-0.4, -0.2) is 38.8 Å². The lowest BCUT2D eigenvalue weighted by atomic mass is 10.1. The second-order valence-corrected chi connectivity index (χ2v) is 8.18. The minimum Gasteiger partial charge on any atom is -0.366 e. The number of hydrogen-bond acceptors (Lipinski definition) is 5. The summed E-state index contributed by atoms with van der Waals surface area (Å²) in [6, 6.07) is 6.45. The Hall–Kier alpha value is -2.58. The summed E-state index contributed by atoms with van der Waals surface area (Å²) in [5, 5.41) is 7.20. The van der Waals surface area contributed by atoms with E-state index in [4.69, 9.17) is 10.7 Å². The van der Waals surface area contributed by atoms with Crippen molar-refractivity contribution in [3.63, 3.8) is 0 Å². The van der Waals surface area contributed by atoms with E-state index in [1.807, 2.05) is 11.6 Å². The Morgan fingerprint density at radius 1 is 1.34 bits per heavy atom. The SMILES string of the molecule is C=C(c1csc(-c2cnn(-c3ccc(C(C)(F)F)cc3)c2)n1)N1CCCC1CN. The Morgan fingerprint density at radius 3 is 2.79 bits per heavy atom. The first-order chi connectivity index (χ1) is 13.9. The fourth-order valence-electron chi connectivity index (χ4n) is 3.60. The molecule has 0 radical (unpaired) electrons. The van der Waals surface area contributed by atoms with E-state index in [2.05, 4.69) is 16.6 Å². The normalized spacial score (nSPS) is 17.1. The van der Waals surface area contributed by atoms with Crippen molar-refractivity contribution in [1.29, 1.82) is 0 Å². The predicted molar refractivity (Wildman–Crippen MR) is 112 cm³/mol. The first-order valence-corrected chi connectivity index (χ1v) is 10.4. The third kappa shape index (κ3) is 3.95. The maximum atomic E-state index is 13.4. The van der Waals surface area contributed by atoms with E-state index < -0.39 is 5.92 Å². The van der Waals surface area contributed by atoms with Crippen LogP contribution in [0.15, 0.2) is 48.6 Å². The summed E-state index contributed by atoms with van der Waals surface area (Å²) in [7, 11) is 0. The minimum absolute atomic E-state index is 0.0191. The molecule has 2 N–H and O–H groups in total. The Balaban J connectivity index is 1.52. The maximum absolute atomic E-state index is 13.4. The van der Waals surface area contributed by atoms with Crippen molar-refractivity contribution in [3.8, 4) is 16.3 Å². The zero-order chi connectivity index (χ0) is 20.6. The van der Waals surface area contributed by atoms with Gasteiger partial charge in [0.15, 0.2) is 0 Å². The summed E-state index contributed by atoms with van der Waals surface area (Å²) >= 11 is 1.53. The predicted octanol–water partition coefficient (Wildman–Crippen LogP) is 4.50. The monoisotopic (exact) mass is 415 g/mol. The third-order valence-corrected chi connectivity index (χ3v) is 6.16. The number of alkyl halides is 2. The summed E-state index contributed by atoms with van der Waals surface area (Å²) in [4.78, 5) is 6.97. The highest BCUT2D eigenvalue weighted by Crippen LogP contribution is 2.31. The van der Waals surface area contributed by atoms with Gasteiger partial charge in [0.05, 0.1) is 23.3 Å². The molecule has 0 bridgehead atoms. The van der Waals surface area contributed by atoms with Gasteiger partial charge in [0, 0.05) is 48.8 Å². The molecule has 2 aromatic heterocycles. The number of thiazole rings is 1. The van der Waals surface area contributed by atoms with Gasteiger partial charge in [-0.1, -0.05) is 18.7 Å². The van der Waals surface area contributed by atoms with Crippen molar-refractivity contribution < 1.29 is 8.78 Å². The van der Waals surface area contributed by atoms with E-state index >= 15 is 0 Å². The summed E-state index contributed by atoms with van der Waals surface area (Å²) < 4.78 is 28.4. The molecule has 8 heteroatoms. The van der Waals surface area contributed by atoms with Gasteiger partial charge in [0.25, 0.3) is 5.92 Å². The van der Waals surface area contributed by atoms with E-state index in [1.165, 1.54) is 23.5 Å². The molecule has 1 unspecified atom stereocenters. The van der Waals surface area contributed by atoms with E-state index in [0.717, 1.165) is 48.3 Å². The van der Waals surface area contributed by atoms with E-state index in [0.29, 0.717) is 18.3 Å². The zero-order valence-corrected chi connectivity index (χ0v) is 17.0. The molecule has 1 saturated heterocycles. The maximum Gasteiger partial charge on any atom is 0.270 e. The van der Waals surface area contributed by atoms with Crippen LogP contribution in [0.2, 0.25) is 0 Å². The first-order valence-electron chi connectivity index (χ1n) is 9.52. The molecule has 5 nitrogen and oxygen atoms in total. The number of aromatic nitrogens is 3. The minimum atomic E-state index is -2.86. The molecule has 1 fully saturated rings. The summed E-state index contributed by atoms with van der Waals surface area (Å²) in [6.07, 6.45) is 5.78. The van der Waals surface area contributed by atoms with Crippen molar-refractivity contribution in [1.82, 2.24) is 19.7 Å². The molecule has 1 aliphatic rings. The number of rotatable bonds is 6. The van der Waals surface area contributed by atoms with Gasteiger partial charge >= 0.3 is 0 Å². The average molecular weight is 416 g/mol. The van der Waals surface area contributed by atoms with Gasteiger partial charge in [0.2, 0.25) is 0 Å². The highest BCUT2D eigenvalue weighted by Gasteiger charge is 2.26. The number of halogens is 2. The van der Waals surface area contributed by atoms with Crippen LogP contribution in [0.3, 0.4) is 0 Å². The molecule has 0 spiro atoms. The summed E-state index contributed by atoms with van der Waals surface area (Å²) in [5.41, 5.74) is 9.20. The zero-order valence-electron chi connectivity index (χ0n) is 16.2. The van der Waals surface area contributed by atoms with Crippen LogP contribution >= 0.6 is 11.3 Å². The summed E-state index contributed by atoms with van der Waals surface area (Å²) in [5.74, 6) is -2.86. The van der Waals surface area contributed by atoms with Gasteiger partial charge in [0.1, 0.15) is 5.01 Å². The molecule has 29 heavy (non-hydrogen) atoms. The molecule has 0 amide bonds. The molecule has 0 aliphatic carbocycles. The fraction of sp³-hybridized carbons (Fsp3) is 0.333. The van der Waals surface area contributed by atoms with Crippen LogP contribution in [-0.2, 0) is 5.92 Å². The second-order valence-electron chi connectivity index (χ2n) is 7.32. The topological polar surface area (TPSA) is 60.0 Å². The third-order valence-electron chi connectivity index (χ3n) is 5.26. The smallest absolute Gasteiger partial charge is 0.270 e. The molecule has 4 rings (SSSR count). The van der Waals surface area contributed by atoms with Gasteiger partial charge in [-0.25, -0.2) is 18.4 Å². The highest BCUT2D eigenvalue weighted by molar-refractivity contribution is 7.13. The molecule has 1 aromatic carbocycles. The fourth-order valence-corrected chi connectivity index (χ4v) is 4.41. The van der Waals surface area contributed by atoms with E-state index in [9.17, 15) is 8.78 Å². The van der Waals surface area contributed by atoms with Gasteiger partial charge in [-0.15, -0.1) is 11.3 Å². The standard InChI is InChI=1S/C21H23F2N5S/c1-14(27-9-3-4-18(27)10-24)19-13-29-20(26-19)15-11-25-28(12-15)17-7-5-16(6-8-17)21(2,22)23/h5-8,11-13,18H,1,3-4,9-10,24H2,2H3. The lowest BCUT2D eigenvalue weighted by molar-refractivity contribution is 0.0175. The Bertz CT molecular complexity index is 1000. The molecule has 0 saturated carbocycles. The lowest BCUT2D eigenvalue weighted by Gasteiger charge is -2.26. The van der Waals surface area contributed by atoms with Crippen LogP contribution in [0.25, 0.3) is 22.0 Å². The van der Waals surface area contributed by atoms with Crippen molar-refractivity contribution in [2.45, 2.75) is 31.7 Å². The number of benzene rings is 1. The molecular formula is C21H23F2N5S. The molecule has 1 atom stereocenters. The van der Waals surface area contributed by atoms with Crippen molar-refractivity contribution in [2.24, 2.45) is 5.73 Å². The molecule has 3 heterocycles. The van der Waals surface area contributed by atoms with Crippen LogP contribution in [0.4, 0.5) is 8.78 Å². The Labute approximate surface area is 172 Å². The van der Waals surface area contributed by atoms with Crippen LogP contribution < -0.4 is 5.73 Å². The highest BCUT2D eigenvalue weighted by atomic mass is 32.1. The number of likely N-dealkylation sites (tertiary alicyclic amines) is 1. The molecule has 1 aliphatic heterocycles. The number of nitrogens with zero attached hydrogens (tertiary/aromatic N) is 4. The lowest BCUT2D eigenvalue weighted by Crippen LogP contribution is -2.33. The molecule has 152 valence electrons. The van der Waals surface area contributed by atoms with E-state index in [-0.39, 0.29) is 5.56 Å². The van der Waals surface area contributed by atoms with Crippen molar-refractivity contribution in [3.05, 3.63) is 59.9 Å². The van der Waals surface area contributed by atoms with Gasteiger partial charge in [-0.3, -0.25) is 0 Å². The van der Waals surface area contributed by atoms with Gasteiger partial charge in [-0.05, 0) is 25.0 Å². The summed E-state index contributed by atoms with van der Waals surface area (Å²) in [6.45, 7) is 6.69. The molecular weight excluding hydrogens is 392 g/mol. The van der Waals surface area contributed by atoms with Crippen molar-refractivity contribution in [2.75, 3.05) is 13.1 Å².